The van der Waals surface area contributed by atoms with Crippen LogP contribution in [0.5, 0.6) is 0 Å². The Bertz CT molecular complexity index is 734. The second-order valence-corrected chi connectivity index (χ2v) is 8.54. The van der Waals surface area contributed by atoms with Crippen molar-refractivity contribution < 1.29 is 24.3 Å². The minimum Gasteiger partial charge on any atom is -0.480 e. The molecule has 0 radical (unpaired) electrons. The van der Waals surface area contributed by atoms with Gasteiger partial charge in [-0.3, -0.25) is 19.4 Å². The molecule has 0 bridgehead atoms. The zero-order valence-corrected chi connectivity index (χ0v) is 20.2. The minimum atomic E-state index is -1.20. The highest BCUT2D eigenvalue weighted by molar-refractivity contribution is 7.80. The number of thiol groups is 1. The fourth-order valence-electron chi connectivity index (χ4n) is 3.64. The molecule has 11 N–H and O–H groups in total. The molecule has 14 heteroatoms. The maximum atomic E-state index is 13.1. The number of carbonyl (C=O) groups excluding carboxylic acids is 3. The Morgan fingerprint density at radius 2 is 1.79 bits per heavy atom. The lowest BCUT2D eigenvalue weighted by Crippen LogP contribution is -2.57. The third-order valence-corrected chi connectivity index (χ3v) is 5.87. The van der Waals surface area contributed by atoms with Gasteiger partial charge in [-0.2, -0.15) is 12.6 Å². The molecule has 34 heavy (non-hydrogen) atoms. The average Bonchev–Trinajstić information content (AvgIpc) is 3.28. The molecule has 0 aromatic carbocycles. The molecular formula is C20H38N8O5S. The van der Waals surface area contributed by atoms with Crippen molar-refractivity contribution in [2.45, 2.75) is 69.1 Å². The summed E-state index contributed by atoms with van der Waals surface area (Å²) >= 11 is 4.18. The van der Waals surface area contributed by atoms with Gasteiger partial charge in [0.15, 0.2) is 5.96 Å². The summed E-state index contributed by atoms with van der Waals surface area (Å²) in [5.41, 5.74) is 21.8. The Kier molecular flexibility index (Phi) is 13.3. The molecule has 3 amide bonds. The number of nitrogens with zero attached hydrogens (tertiary/aromatic N) is 2. The van der Waals surface area contributed by atoms with Crippen molar-refractivity contribution in [3.8, 4) is 0 Å². The van der Waals surface area contributed by atoms with E-state index < -0.39 is 47.9 Å². The normalized spacial score (nSPS) is 18.0. The maximum Gasteiger partial charge on any atom is 0.326 e. The zero-order valence-electron chi connectivity index (χ0n) is 19.3. The van der Waals surface area contributed by atoms with E-state index in [0.29, 0.717) is 45.2 Å². The van der Waals surface area contributed by atoms with Crippen molar-refractivity contribution in [2.75, 3.05) is 25.4 Å². The van der Waals surface area contributed by atoms with E-state index in [9.17, 15) is 24.3 Å². The van der Waals surface area contributed by atoms with Gasteiger partial charge in [0.25, 0.3) is 0 Å². The number of guanidine groups is 1. The van der Waals surface area contributed by atoms with E-state index in [1.54, 1.807) is 0 Å². The van der Waals surface area contributed by atoms with E-state index in [0.717, 1.165) is 6.42 Å². The van der Waals surface area contributed by atoms with Gasteiger partial charge in [-0.25, -0.2) is 4.79 Å². The van der Waals surface area contributed by atoms with Gasteiger partial charge in [0.2, 0.25) is 17.7 Å². The summed E-state index contributed by atoms with van der Waals surface area (Å²) in [6, 6.07) is -3.73. The molecule has 194 valence electrons. The van der Waals surface area contributed by atoms with Crippen LogP contribution in [0, 0.1) is 0 Å². The molecule has 1 heterocycles. The Hall–Kier alpha value is -2.58. The number of hydrogen-bond acceptors (Lipinski definition) is 8. The number of carbonyl (C=O) groups is 4. The van der Waals surface area contributed by atoms with E-state index in [4.69, 9.17) is 22.9 Å². The standard InChI is InChI=1S/C20H38N8O5S/c21-8-2-1-5-12(22)16(29)27-14(11-34)18(31)28-10-4-7-15(28)17(30)26-13(19(32)33)6-3-9-25-20(23)24/h12-15,34H,1-11,21-22H2,(H,26,30)(H,27,29)(H,32,33)(H4,23,24,25). The number of carboxylic acids is 1. The van der Waals surface area contributed by atoms with Gasteiger partial charge in [0.1, 0.15) is 18.1 Å². The summed E-state index contributed by atoms with van der Waals surface area (Å²) in [7, 11) is 0. The Labute approximate surface area is 204 Å². The predicted octanol–water partition coefficient (Wildman–Crippen LogP) is -2.53. The van der Waals surface area contributed by atoms with Crippen LogP contribution < -0.4 is 33.6 Å². The molecule has 1 fully saturated rings. The van der Waals surface area contributed by atoms with Crippen LogP contribution in [0.4, 0.5) is 0 Å². The number of hydrogen-bond donors (Lipinski definition) is 8. The quantitative estimate of drug-likeness (QED) is 0.0509. The Morgan fingerprint density at radius 3 is 2.38 bits per heavy atom. The summed E-state index contributed by atoms with van der Waals surface area (Å²) in [5.74, 6) is -2.78. The first-order valence-corrected chi connectivity index (χ1v) is 12.0. The van der Waals surface area contributed by atoms with E-state index in [1.165, 1.54) is 4.90 Å². The average molecular weight is 503 g/mol. The molecule has 4 unspecified atom stereocenters. The third-order valence-electron chi connectivity index (χ3n) is 5.50. The second-order valence-electron chi connectivity index (χ2n) is 8.17. The van der Waals surface area contributed by atoms with Gasteiger partial charge in [-0.15, -0.1) is 0 Å². The molecule has 13 nitrogen and oxygen atoms in total. The largest absolute Gasteiger partial charge is 0.480 e. The SMILES string of the molecule is NCCCCC(N)C(=O)NC(CS)C(=O)N1CCCC1C(=O)NC(CCCN=C(N)N)C(=O)O. The number of amides is 3. The van der Waals surface area contributed by atoms with Gasteiger partial charge in [-0.1, -0.05) is 6.42 Å². The number of nitrogens with one attached hydrogen (secondary N) is 2. The van der Waals surface area contributed by atoms with E-state index in [-0.39, 0.29) is 24.7 Å². The molecular weight excluding hydrogens is 464 g/mol. The number of nitrogens with two attached hydrogens (primary N) is 4. The summed E-state index contributed by atoms with van der Waals surface area (Å²) in [5, 5.41) is 14.6. The summed E-state index contributed by atoms with van der Waals surface area (Å²) < 4.78 is 0. The molecule has 0 aliphatic carbocycles. The van der Waals surface area contributed by atoms with Gasteiger partial charge < -0.3 is 43.6 Å². The van der Waals surface area contributed by atoms with Crippen LogP contribution in [-0.4, -0.2) is 89.2 Å². The second kappa shape index (κ2) is 15.3. The van der Waals surface area contributed by atoms with Gasteiger partial charge in [-0.05, 0) is 45.1 Å². The van der Waals surface area contributed by atoms with Crippen molar-refractivity contribution in [2.24, 2.45) is 27.9 Å². The van der Waals surface area contributed by atoms with Crippen molar-refractivity contribution in [3.63, 3.8) is 0 Å². The molecule has 0 aromatic rings. The topological polar surface area (TPSA) is 232 Å². The van der Waals surface area contributed by atoms with Crippen molar-refractivity contribution in [3.05, 3.63) is 0 Å². The van der Waals surface area contributed by atoms with Crippen LogP contribution in [0.1, 0.15) is 44.9 Å². The predicted molar refractivity (Wildman–Crippen MR) is 131 cm³/mol. The summed E-state index contributed by atoms with van der Waals surface area (Å²) in [6.45, 7) is 1.04. The number of unbranched alkanes of at least 4 members (excludes halogenated alkanes) is 1. The summed E-state index contributed by atoms with van der Waals surface area (Å²) in [6.07, 6.45) is 3.28. The van der Waals surface area contributed by atoms with Crippen molar-refractivity contribution in [1.82, 2.24) is 15.5 Å². The van der Waals surface area contributed by atoms with Crippen molar-refractivity contribution >= 4 is 42.3 Å². The highest BCUT2D eigenvalue weighted by Crippen LogP contribution is 2.19. The number of aliphatic imine (C=N–C) groups is 1. The lowest BCUT2D eigenvalue weighted by atomic mass is 10.1. The molecule has 4 atom stereocenters. The van der Waals surface area contributed by atoms with Crippen LogP contribution >= 0.6 is 12.6 Å². The van der Waals surface area contributed by atoms with Crippen LogP contribution in [-0.2, 0) is 19.2 Å². The molecule has 1 rings (SSSR count). The van der Waals surface area contributed by atoms with Crippen LogP contribution in [0.25, 0.3) is 0 Å². The lowest BCUT2D eigenvalue weighted by molar-refractivity contribution is -0.144. The number of likely N-dealkylation sites (tertiary alicyclic amines) is 1. The van der Waals surface area contributed by atoms with Gasteiger partial charge in [0.05, 0.1) is 6.04 Å². The molecule has 0 saturated carbocycles. The highest BCUT2D eigenvalue weighted by Gasteiger charge is 2.38. The molecule has 1 saturated heterocycles. The number of carboxylic acid groups (broad SMARTS) is 1. The van der Waals surface area contributed by atoms with Crippen LogP contribution in [0.2, 0.25) is 0 Å². The van der Waals surface area contributed by atoms with Crippen molar-refractivity contribution in [1.29, 1.82) is 0 Å². The van der Waals surface area contributed by atoms with Crippen LogP contribution in [0.15, 0.2) is 4.99 Å². The smallest absolute Gasteiger partial charge is 0.326 e. The molecule has 1 aliphatic rings. The Morgan fingerprint density at radius 1 is 1.09 bits per heavy atom. The lowest BCUT2D eigenvalue weighted by Gasteiger charge is -2.29. The van der Waals surface area contributed by atoms with Gasteiger partial charge in [0, 0.05) is 18.8 Å². The molecule has 0 spiro atoms. The number of aliphatic carboxylic acids is 1. The van der Waals surface area contributed by atoms with E-state index >= 15 is 0 Å². The molecule has 1 aliphatic heterocycles. The monoisotopic (exact) mass is 502 g/mol. The van der Waals surface area contributed by atoms with Gasteiger partial charge >= 0.3 is 5.97 Å². The zero-order chi connectivity index (χ0) is 25.7. The minimum absolute atomic E-state index is 0.0213. The molecule has 0 aromatic heterocycles. The first-order valence-electron chi connectivity index (χ1n) is 11.4. The number of rotatable bonds is 15. The van der Waals surface area contributed by atoms with E-state index in [2.05, 4.69) is 28.3 Å². The van der Waals surface area contributed by atoms with Crippen LogP contribution in [0.3, 0.4) is 0 Å². The first kappa shape index (κ1) is 29.5. The third kappa shape index (κ3) is 9.73. The first-order chi connectivity index (χ1) is 16.1. The van der Waals surface area contributed by atoms with E-state index in [1.807, 2.05) is 0 Å². The fourth-order valence-corrected chi connectivity index (χ4v) is 3.88. The maximum absolute atomic E-state index is 13.1. The fraction of sp³-hybridized carbons (Fsp3) is 0.750. The Balaban J connectivity index is 2.74. The highest BCUT2D eigenvalue weighted by atomic mass is 32.1. The summed E-state index contributed by atoms with van der Waals surface area (Å²) in [4.78, 5) is 55.0.